The van der Waals surface area contributed by atoms with Crippen LogP contribution in [0.2, 0.25) is 0 Å². The Morgan fingerprint density at radius 3 is 2.58 bits per heavy atom. The average Bonchev–Trinajstić information content (AvgIpc) is 3.98. The van der Waals surface area contributed by atoms with Gasteiger partial charge < -0.3 is 30.7 Å². The number of amides is 4. The Labute approximate surface area is 280 Å². The van der Waals surface area contributed by atoms with Gasteiger partial charge in [0.25, 0.3) is 12.4 Å². The second-order valence-electron chi connectivity index (χ2n) is 12.8. The number of likely N-dealkylation sites (tertiary alicyclic amines) is 1. The van der Waals surface area contributed by atoms with Crippen LogP contribution >= 0.6 is 0 Å². The van der Waals surface area contributed by atoms with Gasteiger partial charge in [-0.15, -0.1) is 6.58 Å². The van der Waals surface area contributed by atoms with E-state index in [1.807, 2.05) is 36.4 Å². The number of nitrogens with zero attached hydrogens (tertiary/aromatic N) is 1. The minimum atomic E-state index is -3.88. The number of carbonyl (C=O) groups is 5. The fraction of sp³-hybridized carbons (Fsp3) is 0.545. The standard InChI is InChI=1S/C33H45N5O9S/c1-4-24-17-33(24,31(42)37-48(44,45)26-12-13-26)36-29(40)27-16-25(47-20-39)19-38(27)30(41)28(21(2)3)35-32(43)46-14-7-5-6-9-22-10-8-11-23(15-22)18-34/h4,6,8-11,15,20-21,24-28H,1,5,7,12-14,16-19,34H2,2-3H3,(H,35,43)(H,36,40)(H,37,42)/b9-6+/t24-,25-,27+,28+,33-/m1/s1. The van der Waals surface area contributed by atoms with Crippen LogP contribution in [0.3, 0.4) is 0 Å². The molecule has 1 aromatic rings. The topological polar surface area (TPSA) is 203 Å². The van der Waals surface area contributed by atoms with Gasteiger partial charge >= 0.3 is 6.09 Å². The fourth-order valence-corrected chi connectivity index (χ4v) is 7.12. The molecule has 1 saturated heterocycles. The van der Waals surface area contributed by atoms with Crippen molar-refractivity contribution in [2.45, 2.75) is 87.9 Å². The largest absolute Gasteiger partial charge is 0.463 e. The molecule has 5 N–H and O–H groups in total. The van der Waals surface area contributed by atoms with Crippen molar-refractivity contribution in [3.05, 3.63) is 54.1 Å². The molecule has 2 aliphatic carbocycles. The van der Waals surface area contributed by atoms with Gasteiger partial charge in [0.15, 0.2) is 0 Å². The Balaban J connectivity index is 1.36. The molecule has 262 valence electrons. The number of alkyl carbamates (subject to hydrolysis) is 1. The Morgan fingerprint density at radius 1 is 1.21 bits per heavy atom. The van der Waals surface area contributed by atoms with Gasteiger partial charge in [0, 0.05) is 18.9 Å². The summed E-state index contributed by atoms with van der Waals surface area (Å²) in [5, 5.41) is 4.61. The molecule has 2 saturated carbocycles. The van der Waals surface area contributed by atoms with E-state index in [0.29, 0.717) is 32.2 Å². The lowest BCUT2D eigenvalue weighted by Gasteiger charge is -2.31. The molecule has 4 rings (SSSR count). The van der Waals surface area contributed by atoms with E-state index >= 15 is 0 Å². The summed E-state index contributed by atoms with van der Waals surface area (Å²) in [6.07, 6.45) is 5.92. The summed E-state index contributed by atoms with van der Waals surface area (Å²) in [7, 11) is -3.88. The smallest absolute Gasteiger partial charge is 0.407 e. The summed E-state index contributed by atoms with van der Waals surface area (Å²) in [5.74, 6) is -3.14. The summed E-state index contributed by atoms with van der Waals surface area (Å²) in [5.41, 5.74) is 6.17. The second-order valence-corrected chi connectivity index (χ2v) is 14.7. The third-order valence-electron chi connectivity index (χ3n) is 8.80. The van der Waals surface area contributed by atoms with E-state index in [1.165, 1.54) is 11.0 Å². The zero-order valence-corrected chi connectivity index (χ0v) is 28.1. The molecule has 3 fully saturated rings. The highest BCUT2D eigenvalue weighted by molar-refractivity contribution is 7.91. The number of hydrogen-bond donors (Lipinski definition) is 4. The zero-order valence-electron chi connectivity index (χ0n) is 27.3. The first-order chi connectivity index (χ1) is 22.8. The van der Waals surface area contributed by atoms with Crippen molar-refractivity contribution < 1.29 is 41.9 Å². The lowest BCUT2D eigenvalue weighted by Crippen LogP contribution is -2.59. The molecule has 0 radical (unpaired) electrons. The van der Waals surface area contributed by atoms with Crippen LogP contribution in [0.15, 0.2) is 43.0 Å². The van der Waals surface area contributed by atoms with Gasteiger partial charge in [0.05, 0.1) is 18.4 Å². The molecule has 14 nitrogen and oxygen atoms in total. The van der Waals surface area contributed by atoms with E-state index in [1.54, 1.807) is 13.8 Å². The Bertz CT molecular complexity index is 1530. The van der Waals surface area contributed by atoms with Crippen molar-refractivity contribution >= 4 is 46.4 Å². The lowest BCUT2D eigenvalue weighted by atomic mass is 10.0. The van der Waals surface area contributed by atoms with Gasteiger partial charge in [-0.2, -0.15) is 0 Å². The van der Waals surface area contributed by atoms with Crippen molar-refractivity contribution in [1.82, 2.24) is 20.3 Å². The molecule has 0 spiro atoms. The van der Waals surface area contributed by atoms with Gasteiger partial charge in [-0.3, -0.25) is 23.9 Å². The minimum Gasteiger partial charge on any atom is -0.463 e. The zero-order chi connectivity index (χ0) is 35.1. The second kappa shape index (κ2) is 15.8. The predicted molar refractivity (Wildman–Crippen MR) is 176 cm³/mol. The SMILES string of the molecule is C=C[C@@H]1C[C@]1(NC(=O)[C@@H]1C[C@@H](OC=O)CN1C(=O)[C@@H](NC(=O)OCCC/C=C/c1cccc(CN)c1)C(C)C)C(=O)NS(=O)(=O)C1CC1. The molecule has 15 heteroatoms. The number of sulfonamides is 1. The fourth-order valence-electron chi connectivity index (χ4n) is 5.76. The number of nitrogens with one attached hydrogen (secondary N) is 3. The van der Waals surface area contributed by atoms with Crippen LogP contribution in [0.5, 0.6) is 0 Å². The number of carbonyl (C=O) groups excluding carboxylic acids is 5. The quantitative estimate of drug-likeness (QED) is 0.106. The summed E-state index contributed by atoms with van der Waals surface area (Å²) in [4.78, 5) is 65.7. The van der Waals surface area contributed by atoms with Crippen molar-refractivity contribution in [3.8, 4) is 0 Å². The van der Waals surface area contributed by atoms with Crippen LogP contribution < -0.4 is 21.1 Å². The molecule has 0 bridgehead atoms. The highest BCUT2D eigenvalue weighted by Gasteiger charge is 2.62. The van der Waals surface area contributed by atoms with E-state index in [9.17, 15) is 32.4 Å². The van der Waals surface area contributed by atoms with Crippen LogP contribution in [0, 0.1) is 11.8 Å². The first-order valence-electron chi connectivity index (χ1n) is 16.1. The van der Waals surface area contributed by atoms with Gasteiger partial charge in [-0.05, 0) is 49.1 Å². The maximum absolute atomic E-state index is 13.8. The van der Waals surface area contributed by atoms with Gasteiger partial charge in [-0.25, -0.2) is 13.2 Å². The number of nitrogens with two attached hydrogens (primary N) is 1. The van der Waals surface area contributed by atoms with Crippen LogP contribution in [0.25, 0.3) is 6.08 Å². The van der Waals surface area contributed by atoms with E-state index in [2.05, 4.69) is 21.9 Å². The molecule has 5 atom stereocenters. The third-order valence-corrected chi connectivity index (χ3v) is 10.6. The molecular formula is C33H45N5O9S. The number of rotatable bonds is 17. The molecule has 1 heterocycles. The average molecular weight is 688 g/mol. The number of hydrogen-bond acceptors (Lipinski definition) is 10. The lowest BCUT2D eigenvalue weighted by molar-refractivity contribution is -0.142. The molecule has 4 amide bonds. The molecule has 1 aromatic carbocycles. The van der Waals surface area contributed by atoms with Gasteiger partial charge in [-0.1, -0.05) is 56.3 Å². The van der Waals surface area contributed by atoms with E-state index in [4.69, 9.17) is 15.2 Å². The van der Waals surface area contributed by atoms with Crippen molar-refractivity contribution in [2.75, 3.05) is 13.2 Å². The number of allylic oxidation sites excluding steroid dienone is 1. The Kier molecular flexibility index (Phi) is 12.0. The maximum Gasteiger partial charge on any atom is 0.407 e. The summed E-state index contributed by atoms with van der Waals surface area (Å²) in [6, 6.07) is 5.58. The maximum atomic E-state index is 13.8. The normalized spacial score (nSPS) is 24.1. The highest BCUT2D eigenvalue weighted by Crippen LogP contribution is 2.45. The van der Waals surface area contributed by atoms with E-state index in [-0.39, 0.29) is 32.5 Å². The number of unbranched alkanes of at least 4 members (excludes halogenated alkanes) is 1. The highest BCUT2D eigenvalue weighted by atomic mass is 32.2. The molecular weight excluding hydrogens is 642 g/mol. The van der Waals surface area contributed by atoms with Crippen LogP contribution in [-0.2, 0) is 45.2 Å². The number of ether oxygens (including phenoxy) is 2. The molecule has 0 unspecified atom stereocenters. The first kappa shape index (κ1) is 36.6. The molecule has 0 aromatic heterocycles. The van der Waals surface area contributed by atoms with Gasteiger partial charge in [0.1, 0.15) is 23.7 Å². The third kappa shape index (κ3) is 9.01. The monoisotopic (exact) mass is 687 g/mol. The summed E-state index contributed by atoms with van der Waals surface area (Å²) < 4.78 is 37.4. The summed E-state index contributed by atoms with van der Waals surface area (Å²) in [6.45, 7) is 7.78. The van der Waals surface area contributed by atoms with Gasteiger partial charge in [0.2, 0.25) is 21.8 Å². The summed E-state index contributed by atoms with van der Waals surface area (Å²) >= 11 is 0. The minimum absolute atomic E-state index is 0.0631. The van der Waals surface area contributed by atoms with Crippen LogP contribution in [-0.4, -0.2) is 85.7 Å². The predicted octanol–water partition coefficient (Wildman–Crippen LogP) is 1.50. The molecule has 1 aliphatic heterocycles. The Morgan fingerprint density at radius 2 is 1.96 bits per heavy atom. The van der Waals surface area contributed by atoms with E-state index in [0.717, 1.165) is 11.1 Å². The van der Waals surface area contributed by atoms with E-state index < -0.39 is 74.7 Å². The van der Waals surface area contributed by atoms with Crippen molar-refractivity contribution in [2.24, 2.45) is 17.6 Å². The van der Waals surface area contributed by atoms with Crippen LogP contribution in [0.4, 0.5) is 4.79 Å². The molecule has 3 aliphatic rings. The molecule has 48 heavy (non-hydrogen) atoms. The Hall–Kier alpha value is -4.24. The van der Waals surface area contributed by atoms with Crippen molar-refractivity contribution in [3.63, 3.8) is 0 Å². The van der Waals surface area contributed by atoms with Crippen molar-refractivity contribution in [1.29, 1.82) is 0 Å². The first-order valence-corrected chi connectivity index (χ1v) is 17.7. The van der Waals surface area contributed by atoms with Crippen LogP contribution in [0.1, 0.15) is 63.5 Å². The number of benzene rings is 1.